The lowest BCUT2D eigenvalue weighted by molar-refractivity contribution is -0.134. The lowest BCUT2D eigenvalue weighted by Gasteiger charge is -2.40. The van der Waals surface area contributed by atoms with E-state index in [1.54, 1.807) is 0 Å². The summed E-state index contributed by atoms with van der Waals surface area (Å²) >= 11 is 0. The highest BCUT2D eigenvalue weighted by Gasteiger charge is 2.25. The average Bonchev–Trinajstić information content (AvgIpc) is 3.39. The Morgan fingerprint density at radius 3 is 1.90 bits per heavy atom. The largest absolute Gasteiger partial charge is 0.478 e. The lowest BCUT2D eigenvalue weighted by atomic mass is 10.00. The second-order valence-corrected chi connectivity index (χ2v) is 9.80. The Morgan fingerprint density at radius 1 is 0.810 bits per heavy atom. The summed E-state index contributed by atoms with van der Waals surface area (Å²) in [5.41, 5.74) is 1.08. The molecule has 0 saturated carbocycles. The Bertz CT molecular complexity index is 1100. The summed E-state index contributed by atoms with van der Waals surface area (Å²) in [5, 5.41) is 35.7. The van der Waals surface area contributed by atoms with Crippen LogP contribution in [-0.2, 0) is 19.2 Å². The molecule has 2 aromatic heterocycles. The molecule has 4 heterocycles. The van der Waals surface area contributed by atoms with Gasteiger partial charge >= 0.3 is 23.9 Å². The number of likely N-dealkylation sites (tertiary alicyclic amines) is 2. The highest BCUT2D eigenvalue weighted by Crippen LogP contribution is 2.21. The maximum absolute atomic E-state index is 9.55. The molecule has 2 aliphatic heterocycles. The number of carboxylic acids is 4. The minimum atomic E-state index is -1.26. The number of aromatic nitrogens is 2. The average molecular weight is 589 g/mol. The van der Waals surface area contributed by atoms with E-state index >= 15 is 0 Å². The van der Waals surface area contributed by atoms with Gasteiger partial charge in [0.05, 0.1) is 12.1 Å². The van der Waals surface area contributed by atoms with Crippen LogP contribution in [0.3, 0.4) is 0 Å². The van der Waals surface area contributed by atoms with Crippen LogP contribution in [0, 0.1) is 0 Å². The maximum atomic E-state index is 9.55. The van der Waals surface area contributed by atoms with Gasteiger partial charge in [0.2, 0.25) is 5.88 Å². The molecule has 4 N–H and O–H groups in total. The van der Waals surface area contributed by atoms with Crippen molar-refractivity contribution in [3.05, 3.63) is 54.8 Å². The van der Waals surface area contributed by atoms with Gasteiger partial charge < -0.3 is 35.0 Å². The van der Waals surface area contributed by atoms with Gasteiger partial charge in [-0.05, 0) is 83.4 Å². The van der Waals surface area contributed by atoms with E-state index in [9.17, 15) is 19.2 Å². The molecular weight excluding hydrogens is 548 g/mol. The number of aliphatic carboxylic acids is 4. The fraction of sp³-hybridized carbons (Fsp3) is 0.483. The second kappa shape index (κ2) is 19.0. The summed E-state index contributed by atoms with van der Waals surface area (Å²) in [7, 11) is 0. The molecule has 42 heavy (non-hydrogen) atoms. The first-order valence-corrected chi connectivity index (χ1v) is 14.0. The van der Waals surface area contributed by atoms with Crippen LogP contribution < -0.4 is 4.74 Å². The number of pyridine rings is 1. The van der Waals surface area contributed by atoms with E-state index in [1.807, 2.05) is 35.0 Å². The first-order valence-electron chi connectivity index (χ1n) is 14.0. The van der Waals surface area contributed by atoms with E-state index in [4.69, 9.17) is 25.2 Å². The van der Waals surface area contributed by atoms with E-state index in [2.05, 4.69) is 14.9 Å². The fourth-order valence-electron chi connectivity index (χ4n) is 4.68. The topological polar surface area (TPSA) is 182 Å². The standard InChI is InChI=1S/C21H32N4O.2C4H4O4/c1-3-12-24(13-4-1)19-9-15-23(16-10-19)11-6-7-17-26-21-18-20-8-2-5-14-25(20)22-21;2*5-3(6)1-2-4(7)8/h2,5,8,14,18-19H,1,3-4,6-7,9-13,15-17H2;2*1-2H,(H,5,6)(H,7,8)/b;2*2-1+. The summed E-state index contributed by atoms with van der Waals surface area (Å²) in [5.74, 6) is -4.29. The molecule has 0 amide bonds. The fourth-order valence-corrected chi connectivity index (χ4v) is 4.68. The number of fused-ring (bicyclic) bond motifs is 1. The summed E-state index contributed by atoms with van der Waals surface area (Å²) < 4.78 is 7.68. The van der Waals surface area contributed by atoms with Crippen molar-refractivity contribution in [2.75, 3.05) is 39.3 Å². The zero-order chi connectivity index (χ0) is 30.7. The Labute approximate surface area is 244 Å². The minimum absolute atomic E-state index is 0.558. The number of piperidine rings is 2. The van der Waals surface area contributed by atoms with Crippen molar-refractivity contribution in [3.8, 4) is 5.88 Å². The van der Waals surface area contributed by atoms with Crippen molar-refractivity contribution in [2.45, 2.75) is 51.0 Å². The Balaban J connectivity index is 0.000000319. The van der Waals surface area contributed by atoms with E-state index in [1.165, 1.54) is 71.2 Å². The molecule has 0 aliphatic carbocycles. The summed E-state index contributed by atoms with van der Waals surface area (Å²) in [4.78, 5) is 43.6. The Kier molecular flexibility index (Phi) is 15.4. The third kappa shape index (κ3) is 14.4. The normalized spacial score (nSPS) is 16.4. The van der Waals surface area contributed by atoms with Gasteiger partial charge in [-0.25, -0.2) is 23.7 Å². The monoisotopic (exact) mass is 588 g/mol. The highest BCUT2D eigenvalue weighted by atomic mass is 16.5. The van der Waals surface area contributed by atoms with Gasteiger partial charge in [0, 0.05) is 42.6 Å². The molecule has 4 rings (SSSR count). The van der Waals surface area contributed by atoms with Gasteiger partial charge in [-0.1, -0.05) is 12.5 Å². The second-order valence-electron chi connectivity index (χ2n) is 9.80. The molecule has 2 saturated heterocycles. The van der Waals surface area contributed by atoms with Crippen LogP contribution in [0.4, 0.5) is 0 Å². The lowest BCUT2D eigenvalue weighted by Crippen LogP contribution is -2.46. The van der Waals surface area contributed by atoms with E-state index < -0.39 is 23.9 Å². The molecular formula is C29H40N4O9. The van der Waals surface area contributed by atoms with Crippen LogP contribution in [0.1, 0.15) is 44.9 Å². The predicted octanol–water partition coefficient (Wildman–Crippen LogP) is 2.87. The van der Waals surface area contributed by atoms with Gasteiger partial charge in [-0.15, -0.1) is 5.10 Å². The van der Waals surface area contributed by atoms with Crippen molar-refractivity contribution in [1.82, 2.24) is 19.4 Å². The van der Waals surface area contributed by atoms with Gasteiger partial charge in [0.1, 0.15) is 0 Å². The molecule has 0 spiro atoms. The Hall–Kier alpha value is -4.23. The number of hydrogen-bond acceptors (Lipinski definition) is 8. The highest BCUT2D eigenvalue weighted by molar-refractivity contribution is 5.90. The summed E-state index contributed by atoms with van der Waals surface area (Å²) in [6.07, 6.45) is 13.5. The molecule has 230 valence electrons. The molecule has 0 bridgehead atoms. The van der Waals surface area contributed by atoms with Crippen molar-refractivity contribution in [1.29, 1.82) is 0 Å². The molecule has 2 aromatic rings. The smallest absolute Gasteiger partial charge is 0.328 e. The zero-order valence-corrected chi connectivity index (χ0v) is 23.6. The van der Waals surface area contributed by atoms with Gasteiger partial charge in [-0.3, -0.25) is 0 Å². The summed E-state index contributed by atoms with van der Waals surface area (Å²) in [6, 6.07) is 8.91. The van der Waals surface area contributed by atoms with Crippen molar-refractivity contribution in [2.24, 2.45) is 0 Å². The quantitative estimate of drug-likeness (QED) is 0.223. The van der Waals surface area contributed by atoms with Crippen LogP contribution in [-0.4, -0.2) is 109 Å². The van der Waals surface area contributed by atoms with Crippen molar-refractivity contribution in [3.63, 3.8) is 0 Å². The van der Waals surface area contributed by atoms with Crippen LogP contribution >= 0.6 is 0 Å². The summed E-state index contributed by atoms with van der Waals surface area (Å²) in [6.45, 7) is 7.19. The number of nitrogens with zero attached hydrogens (tertiary/aromatic N) is 4. The number of ether oxygens (including phenoxy) is 1. The maximum Gasteiger partial charge on any atom is 0.328 e. The SMILES string of the molecule is O=C(O)/C=C/C(=O)O.O=C(O)/C=C/C(=O)O.c1ccn2nc(OCCCCN3CCC(N4CCCCC4)CC3)cc2c1. The molecule has 13 nitrogen and oxygen atoms in total. The molecule has 13 heteroatoms. The van der Waals surface area contributed by atoms with E-state index in [0.717, 1.165) is 30.5 Å². The van der Waals surface area contributed by atoms with Crippen LogP contribution in [0.25, 0.3) is 5.52 Å². The van der Waals surface area contributed by atoms with Crippen molar-refractivity contribution < 1.29 is 44.3 Å². The van der Waals surface area contributed by atoms with E-state index in [0.29, 0.717) is 24.3 Å². The number of carboxylic acid groups (broad SMARTS) is 4. The zero-order valence-electron chi connectivity index (χ0n) is 23.6. The molecule has 2 aliphatic rings. The van der Waals surface area contributed by atoms with Crippen molar-refractivity contribution >= 4 is 29.4 Å². The Morgan fingerprint density at radius 2 is 1.38 bits per heavy atom. The third-order valence-electron chi connectivity index (χ3n) is 6.67. The predicted molar refractivity (Wildman–Crippen MR) is 154 cm³/mol. The molecule has 0 aromatic carbocycles. The first kappa shape index (κ1) is 34.0. The molecule has 2 fully saturated rings. The van der Waals surface area contributed by atoms with Crippen LogP contribution in [0.15, 0.2) is 54.8 Å². The van der Waals surface area contributed by atoms with Crippen LogP contribution in [0.5, 0.6) is 5.88 Å². The van der Waals surface area contributed by atoms with E-state index in [-0.39, 0.29) is 0 Å². The molecule has 0 atom stereocenters. The number of carbonyl (C=O) groups is 4. The van der Waals surface area contributed by atoms with Gasteiger partial charge in [0.25, 0.3) is 0 Å². The minimum Gasteiger partial charge on any atom is -0.478 e. The van der Waals surface area contributed by atoms with Crippen LogP contribution in [0.2, 0.25) is 0 Å². The number of unbranched alkanes of at least 4 members (excludes halogenated alkanes) is 1. The molecule has 0 radical (unpaired) electrons. The van der Waals surface area contributed by atoms with Gasteiger partial charge in [0.15, 0.2) is 0 Å². The first-order chi connectivity index (χ1) is 20.1. The van der Waals surface area contributed by atoms with Gasteiger partial charge in [-0.2, -0.15) is 0 Å². The number of rotatable bonds is 11. The third-order valence-corrected chi connectivity index (χ3v) is 6.67. The number of hydrogen-bond donors (Lipinski definition) is 4. The molecule has 0 unspecified atom stereocenters.